The van der Waals surface area contributed by atoms with Crippen molar-refractivity contribution in [2.75, 3.05) is 0 Å². The predicted octanol–water partition coefficient (Wildman–Crippen LogP) is 4.84. The summed E-state index contributed by atoms with van der Waals surface area (Å²) in [4.78, 5) is 0. The average molecular weight is 279 g/mol. The fourth-order valence-electron chi connectivity index (χ4n) is 2.39. The lowest BCUT2D eigenvalue weighted by atomic mass is 9.92. The van der Waals surface area contributed by atoms with Gasteiger partial charge in [-0.25, -0.2) is 0 Å². The normalized spacial score (nSPS) is 19.0. The Hall–Kier alpha value is 0.0500. The van der Waals surface area contributed by atoms with E-state index in [1.807, 2.05) is 6.07 Å². The van der Waals surface area contributed by atoms with E-state index in [0.29, 0.717) is 21.0 Å². The van der Waals surface area contributed by atoms with Crippen LogP contribution in [0.4, 0.5) is 0 Å². The van der Waals surface area contributed by atoms with Crippen molar-refractivity contribution < 1.29 is 0 Å². The maximum absolute atomic E-state index is 6.24. The number of benzene rings is 1. The Bertz CT molecular complexity index is 386. The largest absolute Gasteiger partial charge is 0.324 e. The van der Waals surface area contributed by atoms with Crippen LogP contribution >= 0.6 is 34.8 Å². The quantitative estimate of drug-likeness (QED) is 0.770. The molecule has 1 aliphatic rings. The van der Waals surface area contributed by atoms with Crippen LogP contribution in [0.15, 0.2) is 12.1 Å². The molecule has 0 heterocycles. The van der Waals surface area contributed by atoms with Crippen molar-refractivity contribution in [3.63, 3.8) is 0 Å². The van der Waals surface area contributed by atoms with Crippen LogP contribution in [0, 0.1) is 5.92 Å². The second kappa shape index (κ2) is 5.14. The summed E-state index contributed by atoms with van der Waals surface area (Å²) in [7, 11) is 0. The van der Waals surface area contributed by atoms with Gasteiger partial charge in [0, 0.05) is 11.1 Å². The van der Waals surface area contributed by atoms with E-state index in [2.05, 4.69) is 0 Å². The maximum Gasteiger partial charge on any atom is 0.0641 e. The highest BCUT2D eigenvalue weighted by atomic mass is 35.5. The monoisotopic (exact) mass is 277 g/mol. The molecule has 2 N–H and O–H groups in total. The molecule has 16 heavy (non-hydrogen) atoms. The molecule has 1 aromatic rings. The molecule has 0 saturated heterocycles. The fraction of sp³-hybridized carbons (Fsp3) is 0.500. The first-order valence-corrected chi connectivity index (χ1v) is 6.63. The Morgan fingerprint density at radius 1 is 1.12 bits per heavy atom. The highest BCUT2D eigenvalue weighted by molar-refractivity contribution is 6.43. The summed E-state index contributed by atoms with van der Waals surface area (Å²) in [6.07, 6.45) is 4.85. The van der Waals surface area contributed by atoms with Gasteiger partial charge in [-0.05, 0) is 36.5 Å². The number of nitrogens with two attached hydrogens (primary N) is 1. The maximum atomic E-state index is 6.24. The molecular formula is C12H14Cl3N. The van der Waals surface area contributed by atoms with E-state index in [4.69, 9.17) is 40.5 Å². The third-order valence-corrected chi connectivity index (χ3v) is 4.32. The van der Waals surface area contributed by atoms with Crippen molar-refractivity contribution in [3.8, 4) is 0 Å². The molecule has 1 aromatic carbocycles. The second-order valence-electron chi connectivity index (χ2n) is 4.36. The number of halogens is 3. The van der Waals surface area contributed by atoms with Crippen molar-refractivity contribution in [1.29, 1.82) is 0 Å². The topological polar surface area (TPSA) is 26.0 Å². The molecular weight excluding hydrogens is 264 g/mol. The number of hydrogen-bond donors (Lipinski definition) is 1. The standard InChI is InChI=1S/C12H14Cl3N/c13-8-5-9(11(15)10(14)6-8)12(16)7-3-1-2-4-7/h5-7,12H,1-4,16H2/t12-/m1/s1. The first-order chi connectivity index (χ1) is 7.59. The molecule has 0 unspecified atom stereocenters. The van der Waals surface area contributed by atoms with Crippen molar-refractivity contribution in [1.82, 2.24) is 0 Å². The smallest absolute Gasteiger partial charge is 0.0641 e. The Morgan fingerprint density at radius 3 is 2.38 bits per heavy atom. The molecule has 0 spiro atoms. The zero-order valence-corrected chi connectivity index (χ0v) is 11.1. The SMILES string of the molecule is N[C@@H](c1cc(Cl)cc(Cl)c1Cl)C1CCCC1. The number of hydrogen-bond acceptors (Lipinski definition) is 1. The molecule has 1 nitrogen and oxygen atoms in total. The van der Waals surface area contributed by atoms with Gasteiger partial charge < -0.3 is 5.73 Å². The third kappa shape index (κ3) is 2.48. The minimum Gasteiger partial charge on any atom is -0.324 e. The first kappa shape index (κ1) is 12.5. The minimum atomic E-state index is -0.0498. The Morgan fingerprint density at radius 2 is 1.75 bits per heavy atom. The van der Waals surface area contributed by atoms with E-state index < -0.39 is 0 Å². The summed E-state index contributed by atoms with van der Waals surface area (Å²) in [5.74, 6) is 0.507. The van der Waals surface area contributed by atoms with Gasteiger partial charge in [0.25, 0.3) is 0 Å². The fourth-order valence-corrected chi connectivity index (χ4v) is 3.13. The number of rotatable bonds is 2. The molecule has 0 aliphatic heterocycles. The molecule has 0 bridgehead atoms. The first-order valence-electron chi connectivity index (χ1n) is 5.49. The van der Waals surface area contributed by atoms with Crippen LogP contribution in [-0.4, -0.2) is 0 Å². The van der Waals surface area contributed by atoms with Crippen molar-refractivity contribution >= 4 is 34.8 Å². The Kier molecular flexibility index (Phi) is 4.01. The lowest BCUT2D eigenvalue weighted by molar-refractivity contribution is 0.445. The van der Waals surface area contributed by atoms with Gasteiger partial charge in [-0.1, -0.05) is 47.6 Å². The summed E-state index contributed by atoms with van der Waals surface area (Å²) >= 11 is 18.1. The minimum absolute atomic E-state index is 0.0498. The van der Waals surface area contributed by atoms with Crippen LogP contribution < -0.4 is 5.73 Å². The lowest BCUT2D eigenvalue weighted by Crippen LogP contribution is -2.19. The zero-order valence-electron chi connectivity index (χ0n) is 8.85. The van der Waals surface area contributed by atoms with Gasteiger partial charge >= 0.3 is 0 Å². The highest BCUT2D eigenvalue weighted by Crippen LogP contribution is 2.39. The molecule has 4 heteroatoms. The van der Waals surface area contributed by atoms with Gasteiger partial charge in [0.15, 0.2) is 0 Å². The van der Waals surface area contributed by atoms with E-state index in [1.165, 1.54) is 25.7 Å². The Balaban J connectivity index is 2.31. The molecule has 1 atom stereocenters. The highest BCUT2D eigenvalue weighted by Gasteiger charge is 2.25. The van der Waals surface area contributed by atoms with Gasteiger partial charge in [-0.2, -0.15) is 0 Å². The molecule has 88 valence electrons. The Labute approximate surface area is 111 Å². The average Bonchev–Trinajstić information content (AvgIpc) is 2.75. The molecule has 0 aromatic heterocycles. The summed E-state index contributed by atoms with van der Waals surface area (Å²) in [6.45, 7) is 0. The van der Waals surface area contributed by atoms with Crippen LogP contribution in [0.2, 0.25) is 15.1 Å². The van der Waals surface area contributed by atoms with Gasteiger partial charge in [0.1, 0.15) is 0 Å². The van der Waals surface area contributed by atoms with Crippen molar-refractivity contribution in [2.45, 2.75) is 31.7 Å². The van der Waals surface area contributed by atoms with E-state index in [0.717, 1.165) is 5.56 Å². The van der Waals surface area contributed by atoms with Crippen LogP contribution in [0.3, 0.4) is 0 Å². The predicted molar refractivity (Wildman–Crippen MR) is 70.4 cm³/mol. The zero-order chi connectivity index (χ0) is 11.7. The van der Waals surface area contributed by atoms with Crippen LogP contribution in [0.1, 0.15) is 37.3 Å². The molecule has 1 saturated carbocycles. The molecule has 1 aliphatic carbocycles. The van der Waals surface area contributed by atoms with Crippen molar-refractivity contribution in [2.24, 2.45) is 11.7 Å². The van der Waals surface area contributed by atoms with E-state index in [1.54, 1.807) is 6.07 Å². The summed E-state index contributed by atoms with van der Waals surface area (Å²) in [5.41, 5.74) is 7.12. The summed E-state index contributed by atoms with van der Waals surface area (Å²) < 4.78 is 0. The van der Waals surface area contributed by atoms with E-state index >= 15 is 0 Å². The van der Waals surface area contributed by atoms with Gasteiger partial charge in [0.05, 0.1) is 10.0 Å². The summed E-state index contributed by atoms with van der Waals surface area (Å²) in [5, 5.41) is 1.63. The van der Waals surface area contributed by atoms with Crippen molar-refractivity contribution in [3.05, 3.63) is 32.8 Å². The molecule has 1 fully saturated rings. The second-order valence-corrected chi connectivity index (χ2v) is 5.58. The van der Waals surface area contributed by atoms with E-state index in [-0.39, 0.29) is 6.04 Å². The van der Waals surface area contributed by atoms with Gasteiger partial charge in [-0.15, -0.1) is 0 Å². The van der Waals surface area contributed by atoms with E-state index in [9.17, 15) is 0 Å². The van der Waals surface area contributed by atoms with Crippen LogP contribution in [-0.2, 0) is 0 Å². The molecule has 0 amide bonds. The van der Waals surface area contributed by atoms with Crippen LogP contribution in [0.5, 0.6) is 0 Å². The molecule has 2 rings (SSSR count). The third-order valence-electron chi connectivity index (χ3n) is 3.29. The lowest BCUT2D eigenvalue weighted by Gasteiger charge is -2.21. The van der Waals surface area contributed by atoms with Gasteiger partial charge in [-0.3, -0.25) is 0 Å². The molecule has 0 radical (unpaired) electrons. The van der Waals surface area contributed by atoms with Crippen LogP contribution in [0.25, 0.3) is 0 Å². The summed E-state index contributed by atoms with van der Waals surface area (Å²) in [6, 6.07) is 3.43. The van der Waals surface area contributed by atoms with Gasteiger partial charge in [0.2, 0.25) is 0 Å².